The molecule has 1 atom stereocenters. The van der Waals surface area contributed by atoms with E-state index in [1.807, 2.05) is 0 Å². The Morgan fingerprint density at radius 3 is 2.42 bits per heavy atom. The zero-order chi connectivity index (χ0) is 26.5. The molecule has 0 bridgehead atoms. The summed E-state index contributed by atoms with van der Waals surface area (Å²) in [5.41, 5.74) is -4.31. The van der Waals surface area contributed by atoms with Gasteiger partial charge in [-0.05, 0) is 19.8 Å². The third-order valence-electron chi connectivity index (χ3n) is 5.29. The van der Waals surface area contributed by atoms with E-state index >= 15 is 0 Å². The lowest BCUT2D eigenvalue weighted by molar-refractivity contribution is -0.139. The molecule has 0 radical (unpaired) electrons. The molecule has 1 fully saturated rings. The van der Waals surface area contributed by atoms with Crippen LogP contribution in [0.15, 0.2) is 28.5 Å². The predicted octanol–water partition coefficient (Wildman–Crippen LogP) is 2.89. The summed E-state index contributed by atoms with van der Waals surface area (Å²) < 4.78 is 77.1. The number of alkyl halides is 6. The van der Waals surface area contributed by atoms with Crippen molar-refractivity contribution in [2.45, 2.75) is 38.2 Å². The fourth-order valence-electron chi connectivity index (χ4n) is 3.46. The van der Waals surface area contributed by atoms with Gasteiger partial charge in [0.15, 0.2) is 12.4 Å². The Morgan fingerprint density at radius 2 is 1.83 bits per heavy atom. The van der Waals surface area contributed by atoms with Crippen LogP contribution >= 0.6 is 0 Å². The van der Waals surface area contributed by atoms with Gasteiger partial charge in [0, 0.05) is 31.4 Å². The third-order valence-corrected chi connectivity index (χ3v) is 5.29. The Morgan fingerprint density at radius 1 is 1.19 bits per heavy atom. The molecule has 36 heavy (non-hydrogen) atoms. The molecule has 0 aliphatic carbocycles. The molecule has 10 nitrogen and oxygen atoms in total. The second-order valence-electron chi connectivity index (χ2n) is 7.94. The average Bonchev–Trinajstić information content (AvgIpc) is 2.80. The highest BCUT2D eigenvalue weighted by atomic mass is 19.4. The zero-order valence-corrected chi connectivity index (χ0v) is 18.7. The van der Waals surface area contributed by atoms with Gasteiger partial charge in [-0.3, -0.25) is 9.59 Å². The Labute approximate surface area is 199 Å². The standard InChI is InChI=1S/C20H21F6N7O3/c1-11(31-14-9-29-32-17(35)16(14)20(24,25)26)6-30-36-10-15(34)12-2-4-33(5-3-12)18-27-7-13(8-28-18)19(21,22)23/h6-9,11-12H,2-5,10H2,1H3,(H2,31,32,35)/b30-6+/t11-/m0/s1. The summed E-state index contributed by atoms with van der Waals surface area (Å²) in [5.74, 6) is -0.475. The largest absolute Gasteiger partial charge is 0.423 e. The van der Waals surface area contributed by atoms with Crippen molar-refractivity contribution >= 4 is 23.6 Å². The van der Waals surface area contributed by atoms with Gasteiger partial charge in [-0.2, -0.15) is 31.4 Å². The van der Waals surface area contributed by atoms with E-state index in [9.17, 15) is 35.9 Å². The lowest BCUT2D eigenvalue weighted by Crippen LogP contribution is -2.38. The van der Waals surface area contributed by atoms with Crippen LogP contribution in [-0.4, -0.2) is 57.9 Å². The van der Waals surface area contributed by atoms with Gasteiger partial charge in [0.25, 0.3) is 5.56 Å². The van der Waals surface area contributed by atoms with Crippen LogP contribution in [0.4, 0.5) is 38.0 Å². The minimum Gasteiger partial charge on any atom is -0.388 e. The minimum absolute atomic E-state index is 0.139. The van der Waals surface area contributed by atoms with Crippen LogP contribution in [-0.2, 0) is 22.0 Å². The van der Waals surface area contributed by atoms with E-state index < -0.39 is 40.8 Å². The quantitative estimate of drug-likeness (QED) is 0.309. The van der Waals surface area contributed by atoms with Gasteiger partial charge in [0.2, 0.25) is 5.95 Å². The van der Waals surface area contributed by atoms with E-state index in [4.69, 9.17) is 4.84 Å². The molecule has 1 saturated heterocycles. The second-order valence-corrected chi connectivity index (χ2v) is 7.94. The summed E-state index contributed by atoms with van der Waals surface area (Å²) >= 11 is 0. The van der Waals surface area contributed by atoms with Crippen LogP contribution < -0.4 is 15.8 Å². The molecule has 2 aromatic rings. The molecule has 0 unspecified atom stereocenters. The number of rotatable bonds is 8. The monoisotopic (exact) mass is 521 g/mol. The molecular formula is C20H21F6N7O3. The summed E-state index contributed by atoms with van der Waals surface area (Å²) in [6, 6.07) is -0.795. The van der Waals surface area contributed by atoms with E-state index in [-0.39, 0.29) is 24.3 Å². The van der Waals surface area contributed by atoms with E-state index in [1.54, 1.807) is 10.00 Å². The average molecular weight is 521 g/mol. The number of aromatic amines is 1. The Hall–Kier alpha value is -3.72. The molecule has 1 aliphatic heterocycles. The lowest BCUT2D eigenvalue weighted by atomic mass is 9.93. The van der Waals surface area contributed by atoms with E-state index in [0.717, 1.165) is 12.4 Å². The van der Waals surface area contributed by atoms with Crippen molar-refractivity contribution in [1.82, 2.24) is 20.2 Å². The van der Waals surface area contributed by atoms with Gasteiger partial charge in [0.05, 0.1) is 29.7 Å². The molecule has 0 saturated carbocycles. The van der Waals surface area contributed by atoms with Crippen LogP contribution in [0.5, 0.6) is 0 Å². The maximum absolute atomic E-state index is 13.1. The maximum Gasteiger partial charge on any atom is 0.423 e. The van der Waals surface area contributed by atoms with Crippen LogP contribution in [0.1, 0.15) is 30.9 Å². The number of piperidine rings is 1. The number of ketones is 1. The molecule has 2 N–H and O–H groups in total. The number of hydrogen-bond donors (Lipinski definition) is 2. The molecule has 0 amide bonds. The highest BCUT2D eigenvalue weighted by Crippen LogP contribution is 2.31. The van der Waals surface area contributed by atoms with Crippen LogP contribution in [0.2, 0.25) is 0 Å². The van der Waals surface area contributed by atoms with Gasteiger partial charge >= 0.3 is 12.4 Å². The number of hydrogen-bond acceptors (Lipinski definition) is 9. The van der Waals surface area contributed by atoms with E-state index in [2.05, 4.69) is 25.5 Å². The number of anilines is 2. The Bertz CT molecular complexity index is 1130. The second kappa shape index (κ2) is 10.9. The Balaban J connectivity index is 1.45. The first-order valence-electron chi connectivity index (χ1n) is 10.6. The highest BCUT2D eigenvalue weighted by Gasteiger charge is 2.37. The number of Topliss-reactive ketones (excluding diaryl/α,β-unsaturated/α-hetero) is 1. The summed E-state index contributed by atoms with van der Waals surface area (Å²) in [7, 11) is 0. The normalized spacial score (nSPS) is 16.2. The molecule has 2 aromatic heterocycles. The van der Waals surface area contributed by atoms with Crippen LogP contribution in [0.25, 0.3) is 0 Å². The highest BCUT2D eigenvalue weighted by molar-refractivity contribution is 5.82. The number of H-pyrrole nitrogens is 1. The van der Waals surface area contributed by atoms with Gasteiger partial charge in [-0.15, -0.1) is 0 Å². The maximum atomic E-state index is 13.1. The van der Waals surface area contributed by atoms with Gasteiger partial charge in [0.1, 0.15) is 5.56 Å². The zero-order valence-electron chi connectivity index (χ0n) is 18.7. The van der Waals surface area contributed by atoms with Crippen molar-refractivity contribution in [3.05, 3.63) is 40.1 Å². The number of halogens is 6. The number of aromatic nitrogens is 4. The topological polar surface area (TPSA) is 125 Å². The van der Waals surface area contributed by atoms with E-state index in [1.165, 1.54) is 6.92 Å². The van der Waals surface area contributed by atoms with E-state index in [0.29, 0.717) is 38.3 Å². The smallest absolute Gasteiger partial charge is 0.388 e. The number of oxime groups is 1. The van der Waals surface area contributed by atoms with Gasteiger partial charge in [-0.25, -0.2) is 15.1 Å². The van der Waals surface area contributed by atoms with Crippen molar-refractivity contribution in [2.24, 2.45) is 11.1 Å². The molecular weight excluding hydrogens is 500 g/mol. The minimum atomic E-state index is -4.90. The first kappa shape index (κ1) is 26.9. The molecule has 3 rings (SSSR count). The fourth-order valence-corrected chi connectivity index (χ4v) is 3.46. The van der Waals surface area contributed by atoms with Crippen molar-refractivity contribution in [2.75, 3.05) is 29.9 Å². The summed E-state index contributed by atoms with van der Waals surface area (Å²) in [5, 5.41) is 11.1. The van der Waals surface area contributed by atoms with Crippen molar-refractivity contribution in [1.29, 1.82) is 0 Å². The summed E-state index contributed by atoms with van der Waals surface area (Å²) in [4.78, 5) is 38.0. The molecule has 0 spiro atoms. The van der Waals surface area contributed by atoms with Gasteiger partial charge in [-0.1, -0.05) is 5.16 Å². The first-order valence-corrected chi connectivity index (χ1v) is 10.6. The van der Waals surface area contributed by atoms with Crippen molar-refractivity contribution < 1.29 is 36.0 Å². The molecule has 0 aromatic carbocycles. The number of nitrogens with zero attached hydrogens (tertiary/aromatic N) is 5. The van der Waals surface area contributed by atoms with Crippen molar-refractivity contribution in [3.8, 4) is 0 Å². The fraction of sp³-hybridized carbons (Fsp3) is 0.500. The number of nitrogens with one attached hydrogen (secondary N) is 2. The van der Waals surface area contributed by atoms with Gasteiger partial charge < -0.3 is 15.1 Å². The first-order chi connectivity index (χ1) is 16.9. The SMILES string of the molecule is C[C@@H](/C=N/OCC(=O)C1CCN(c2ncc(C(F)(F)F)cn2)CC1)Nc1cn[nH]c(=O)c1C(F)(F)F. The van der Waals surface area contributed by atoms with Crippen LogP contribution in [0.3, 0.4) is 0 Å². The molecule has 16 heteroatoms. The molecule has 196 valence electrons. The lowest BCUT2D eigenvalue weighted by Gasteiger charge is -2.31. The number of carbonyl (C=O) groups is 1. The summed E-state index contributed by atoms with van der Waals surface area (Å²) in [6.45, 7) is 1.80. The number of carbonyl (C=O) groups excluding carboxylic acids is 1. The summed E-state index contributed by atoms with van der Waals surface area (Å²) in [6.07, 6.45) is -5.26. The molecule has 1 aliphatic rings. The predicted molar refractivity (Wildman–Crippen MR) is 114 cm³/mol. The Kier molecular flexibility index (Phi) is 8.14. The third kappa shape index (κ3) is 6.91. The van der Waals surface area contributed by atoms with Crippen molar-refractivity contribution in [3.63, 3.8) is 0 Å². The molecule has 3 heterocycles. The van der Waals surface area contributed by atoms with Crippen LogP contribution in [0, 0.1) is 5.92 Å².